The third-order valence-corrected chi connectivity index (χ3v) is 6.01. The number of rotatable bonds is 6. The van der Waals surface area contributed by atoms with Crippen LogP contribution in [0.4, 0.5) is 11.4 Å². The highest BCUT2D eigenvalue weighted by atomic mass is 16.3. The first-order chi connectivity index (χ1) is 14.1. The zero-order valence-electron chi connectivity index (χ0n) is 16.1. The molecule has 3 unspecified atom stereocenters. The van der Waals surface area contributed by atoms with Crippen molar-refractivity contribution in [2.45, 2.75) is 32.1 Å². The molecule has 1 aromatic carbocycles. The zero-order valence-corrected chi connectivity index (χ0v) is 16.1. The van der Waals surface area contributed by atoms with Crippen LogP contribution >= 0.6 is 0 Å². The lowest BCUT2D eigenvalue weighted by Crippen LogP contribution is -2.36. The predicted octanol–water partition coefficient (Wildman–Crippen LogP) is 3.41. The van der Waals surface area contributed by atoms with Gasteiger partial charge in [-0.15, -0.1) is 0 Å². The Labute approximate surface area is 169 Å². The SMILES string of the molecule is O=C(NCCC1CC2CCC1C2)C(=O)Nc1cccc(NC(=O)c2ccco2)c1. The molecule has 7 heteroatoms. The molecule has 3 amide bonds. The fourth-order valence-electron chi connectivity index (χ4n) is 4.64. The standard InChI is InChI=1S/C22H25N3O4/c26-20(19-5-2-10-29-19)24-17-3-1-4-18(13-17)25-22(28)21(27)23-9-8-16-12-14-6-7-15(16)11-14/h1-5,10,13-16H,6-9,11-12H2,(H,23,27)(H,24,26)(H,25,28). The van der Waals surface area contributed by atoms with Crippen LogP contribution in [0.5, 0.6) is 0 Å². The second-order valence-electron chi connectivity index (χ2n) is 7.95. The normalized spacial score (nSPS) is 22.3. The smallest absolute Gasteiger partial charge is 0.313 e. The van der Waals surface area contributed by atoms with Crippen LogP contribution in [0.2, 0.25) is 0 Å². The van der Waals surface area contributed by atoms with E-state index in [2.05, 4.69) is 16.0 Å². The third-order valence-electron chi connectivity index (χ3n) is 6.01. The molecule has 29 heavy (non-hydrogen) atoms. The first-order valence-corrected chi connectivity index (χ1v) is 10.1. The van der Waals surface area contributed by atoms with Crippen molar-refractivity contribution in [3.63, 3.8) is 0 Å². The maximum atomic E-state index is 12.2. The molecule has 3 N–H and O–H groups in total. The summed E-state index contributed by atoms with van der Waals surface area (Å²) >= 11 is 0. The largest absolute Gasteiger partial charge is 0.459 e. The molecule has 1 heterocycles. The van der Waals surface area contributed by atoms with Gasteiger partial charge in [0, 0.05) is 17.9 Å². The third kappa shape index (κ3) is 4.67. The van der Waals surface area contributed by atoms with Crippen molar-refractivity contribution in [1.29, 1.82) is 0 Å². The first-order valence-electron chi connectivity index (χ1n) is 10.1. The molecule has 2 aliphatic carbocycles. The van der Waals surface area contributed by atoms with E-state index in [0.717, 1.165) is 18.3 Å². The molecule has 152 valence electrons. The lowest BCUT2D eigenvalue weighted by Gasteiger charge is -2.21. The summed E-state index contributed by atoms with van der Waals surface area (Å²) in [4.78, 5) is 36.3. The minimum Gasteiger partial charge on any atom is -0.459 e. The number of fused-ring (bicyclic) bond motifs is 2. The first kappa shape index (κ1) is 19.2. The van der Waals surface area contributed by atoms with Gasteiger partial charge < -0.3 is 20.4 Å². The second kappa shape index (κ2) is 8.51. The summed E-state index contributed by atoms with van der Waals surface area (Å²) in [6.45, 7) is 0.527. The van der Waals surface area contributed by atoms with Crippen LogP contribution in [0.15, 0.2) is 47.1 Å². The molecule has 7 nitrogen and oxygen atoms in total. The summed E-state index contributed by atoms with van der Waals surface area (Å²) in [6.07, 6.45) is 7.64. The van der Waals surface area contributed by atoms with E-state index in [0.29, 0.717) is 23.8 Å². The maximum absolute atomic E-state index is 12.2. The highest BCUT2D eigenvalue weighted by molar-refractivity contribution is 6.39. The number of benzene rings is 1. The topological polar surface area (TPSA) is 100 Å². The molecular formula is C22H25N3O4. The Kier molecular flexibility index (Phi) is 5.64. The van der Waals surface area contributed by atoms with Gasteiger partial charge in [0.15, 0.2) is 5.76 Å². The highest BCUT2D eigenvalue weighted by Gasteiger charge is 2.38. The van der Waals surface area contributed by atoms with Gasteiger partial charge in [0.1, 0.15) is 0 Å². The van der Waals surface area contributed by atoms with Crippen LogP contribution in [0.3, 0.4) is 0 Å². The van der Waals surface area contributed by atoms with Crippen LogP contribution in [-0.4, -0.2) is 24.3 Å². The van der Waals surface area contributed by atoms with E-state index >= 15 is 0 Å². The molecule has 4 rings (SSSR count). The van der Waals surface area contributed by atoms with Gasteiger partial charge in [-0.3, -0.25) is 14.4 Å². The molecule has 3 atom stereocenters. The Hall–Kier alpha value is -3.09. The van der Waals surface area contributed by atoms with Crippen LogP contribution in [-0.2, 0) is 9.59 Å². The minimum absolute atomic E-state index is 0.189. The zero-order chi connectivity index (χ0) is 20.2. The van der Waals surface area contributed by atoms with Gasteiger partial charge in [-0.1, -0.05) is 12.5 Å². The van der Waals surface area contributed by atoms with Crippen molar-refractivity contribution in [1.82, 2.24) is 5.32 Å². The van der Waals surface area contributed by atoms with Crippen molar-refractivity contribution in [3.05, 3.63) is 48.4 Å². The van der Waals surface area contributed by atoms with Gasteiger partial charge >= 0.3 is 11.8 Å². The fourth-order valence-corrected chi connectivity index (χ4v) is 4.64. The highest BCUT2D eigenvalue weighted by Crippen LogP contribution is 2.49. The van der Waals surface area contributed by atoms with E-state index in [1.165, 1.54) is 31.9 Å². The van der Waals surface area contributed by atoms with Gasteiger partial charge in [-0.05, 0) is 73.8 Å². The number of amides is 3. The van der Waals surface area contributed by atoms with E-state index in [1.807, 2.05) is 0 Å². The molecule has 2 bridgehead atoms. The van der Waals surface area contributed by atoms with Crippen molar-refractivity contribution >= 4 is 29.1 Å². The molecule has 2 fully saturated rings. The summed E-state index contributed by atoms with van der Waals surface area (Å²) in [5, 5.41) is 7.97. The molecule has 0 spiro atoms. The van der Waals surface area contributed by atoms with E-state index < -0.39 is 17.7 Å². The minimum atomic E-state index is -0.715. The van der Waals surface area contributed by atoms with E-state index in [9.17, 15) is 14.4 Å². The lowest BCUT2D eigenvalue weighted by atomic mass is 9.86. The van der Waals surface area contributed by atoms with Crippen LogP contribution in [0, 0.1) is 17.8 Å². The van der Waals surface area contributed by atoms with Crippen LogP contribution in [0.25, 0.3) is 0 Å². The number of furan rings is 1. The molecule has 1 aromatic heterocycles. The van der Waals surface area contributed by atoms with Crippen molar-refractivity contribution < 1.29 is 18.8 Å². The molecule has 2 aliphatic rings. The molecule has 0 radical (unpaired) electrons. The van der Waals surface area contributed by atoms with Gasteiger partial charge in [0.05, 0.1) is 6.26 Å². The number of anilines is 2. The molecular weight excluding hydrogens is 370 g/mol. The van der Waals surface area contributed by atoms with E-state index in [4.69, 9.17) is 4.42 Å². The summed E-state index contributed by atoms with van der Waals surface area (Å²) in [5.41, 5.74) is 0.913. The maximum Gasteiger partial charge on any atom is 0.313 e. The van der Waals surface area contributed by atoms with Gasteiger partial charge in [0.2, 0.25) is 0 Å². The number of carbonyl (C=O) groups is 3. The summed E-state index contributed by atoms with van der Waals surface area (Å²) < 4.78 is 5.05. The number of carbonyl (C=O) groups excluding carboxylic acids is 3. The Bertz CT molecular complexity index is 893. The van der Waals surface area contributed by atoms with E-state index in [-0.39, 0.29) is 5.76 Å². The summed E-state index contributed by atoms with van der Waals surface area (Å²) in [6, 6.07) is 9.79. The van der Waals surface area contributed by atoms with Crippen molar-refractivity contribution in [2.75, 3.05) is 17.2 Å². The van der Waals surface area contributed by atoms with Crippen molar-refractivity contribution in [3.8, 4) is 0 Å². The Morgan fingerprint density at radius 2 is 1.79 bits per heavy atom. The molecule has 0 saturated heterocycles. The Balaban J connectivity index is 1.24. The monoisotopic (exact) mass is 395 g/mol. The number of hydrogen-bond acceptors (Lipinski definition) is 4. The quantitative estimate of drug-likeness (QED) is 0.653. The van der Waals surface area contributed by atoms with Crippen LogP contribution < -0.4 is 16.0 Å². The van der Waals surface area contributed by atoms with E-state index in [1.54, 1.807) is 36.4 Å². The second-order valence-corrected chi connectivity index (χ2v) is 7.95. The van der Waals surface area contributed by atoms with Crippen LogP contribution in [0.1, 0.15) is 42.7 Å². The molecule has 0 aliphatic heterocycles. The van der Waals surface area contributed by atoms with Gasteiger partial charge in [0.25, 0.3) is 5.91 Å². The van der Waals surface area contributed by atoms with Gasteiger partial charge in [-0.2, -0.15) is 0 Å². The molecule has 2 saturated carbocycles. The fraction of sp³-hybridized carbons (Fsp3) is 0.409. The average Bonchev–Trinajstić information content (AvgIpc) is 3.46. The van der Waals surface area contributed by atoms with Gasteiger partial charge in [-0.25, -0.2) is 0 Å². The average molecular weight is 395 g/mol. The summed E-state index contributed by atoms with van der Waals surface area (Å²) in [7, 11) is 0. The predicted molar refractivity (Wildman–Crippen MR) is 108 cm³/mol. The van der Waals surface area contributed by atoms with Crippen molar-refractivity contribution in [2.24, 2.45) is 17.8 Å². The lowest BCUT2D eigenvalue weighted by molar-refractivity contribution is -0.136. The molecule has 2 aromatic rings. The number of nitrogens with one attached hydrogen (secondary N) is 3. The Morgan fingerprint density at radius 1 is 0.966 bits per heavy atom. The Morgan fingerprint density at radius 3 is 2.48 bits per heavy atom. The number of hydrogen-bond donors (Lipinski definition) is 3. The summed E-state index contributed by atoms with van der Waals surface area (Å²) in [5.74, 6) is 0.817.